The molecule has 2 nitrogen and oxygen atoms in total. The smallest absolute Gasteiger partial charge is 0.0309 e. The second-order valence-corrected chi connectivity index (χ2v) is 7.64. The highest BCUT2D eigenvalue weighted by molar-refractivity contribution is 7.11. The van der Waals surface area contributed by atoms with Gasteiger partial charge >= 0.3 is 0 Å². The van der Waals surface area contributed by atoms with E-state index < -0.39 is 0 Å². The summed E-state index contributed by atoms with van der Waals surface area (Å²) in [5, 5.41) is 3.74. The Balaban J connectivity index is 2.08. The molecule has 2 rings (SSSR count). The van der Waals surface area contributed by atoms with Gasteiger partial charge in [-0.05, 0) is 71.3 Å². The number of likely N-dealkylation sites (tertiary alicyclic amines) is 1. The Morgan fingerprint density at radius 1 is 1.20 bits per heavy atom. The van der Waals surface area contributed by atoms with E-state index in [9.17, 15) is 0 Å². The molecule has 0 bridgehead atoms. The van der Waals surface area contributed by atoms with Crippen LogP contribution in [0.5, 0.6) is 0 Å². The SMILES string of the molecule is CCNC(Cc1ccc(CC)s1)C(C)(C)N1CCCC1. The molecule has 1 fully saturated rings. The van der Waals surface area contributed by atoms with Gasteiger partial charge in [-0.15, -0.1) is 11.3 Å². The topological polar surface area (TPSA) is 15.3 Å². The van der Waals surface area contributed by atoms with E-state index >= 15 is 0 Å². The Bertz CT molecular complexity index is 405. The summed E-state index contributed by atoms with van der Waals surface area (Å²) in [5.41, 5.74) is 0.239. The van der Waals surface area contributed by atoms with E-state index in [4.69, 9.17) is 0 Å². The molecule has 0 radical (unpaired) electrons. The summed E-state index contributed by atoms with van der Waals surface area (Å²) >= 11 is 1.99. The number of likely N-dealkylation sites (N-methyl/N-ethyl adjacent to an activating group) is 1. The van der Waals surface area contributed by atoms with Crippen molar-refractivity contribution in [3.8, 4) is 0 Å². The molecule has 1 aliphatic heterocycles. The molecule has 2 heterocycles. The van der Waals surface area contributed by atoms with E-state index in [1.807, 2.05) is 11.3 Å². The molecule has 0 amide bonds. The summed E-state index contributed by atoms with van der Waals surface area (Å²) in [6.07, 6.45) is 5.04. The van der Waals surface area contributed by atoms with E-state index in [2.05, 4.69) is 50.0 Å². The number of nitrogens with one attached hydrogen (secondary N) is 1. The Kier molecular flexibility index (Phi) is 5.65. The first-order valence-electron chi connectivity index (χ1n) is 8.14. The molecule has 20 heavy (non-hydrogen) atoms. The van der Waals surface area contributed by atoms with Crippen LogP contribution in [-0.2, 0) is 12.8 Å². The monoisotopic (exact) mass is 294 g/mol. The van der Waals surface area contributed by atoms with Crippen LogP contribution in [0.1, 0.15) is 50.3 Å². The highest BCUT2D eigenvalue weighted by atomic mass is 32.1. The molecular weight excluding hydrogens is 264 g/mol. The normalized spacial score (nSPS) is 18.6. The zero-order valence-electron chi connectivity index (χ0n) is 13.5. The van der Waals surface area contributed by atoms with Crippen molar-refractivity contribution in [1.29, 1.82) is 0 Å². The molecule has 1 aromatic heterocycles. The van der Waals surface area contributed by atoms with Gasteiger partial charge in [0.2, 0.25) is 0 Å². The van der Waals surface area contributed by atoms with Gasteiger partial charge in [0.05, 0.1) is 0 Å². The molecule has 0 saturated carbocycles. The fourth-order valence-corrected chi connectivity index (χ4v) is 4.26. The molecule has 3 heteroatoms. The zero-order valence-corrected chi connectivity index (χ0v) is 14.4. The van der Waals surface area contributed by atoms with Crippen LogP contribution < -0.4 is 5.32 Å². The van der Waals surface area contributed by atoms with Gasteiger partial charge in [0.25, 0.3) is 0 Å². The van der Waals surface area contributed by atoms with E-state index in [1.54, 1.807) is 0 Å². The van der Waals surface area contributed by atoms with Crippen LogP contribution in [0, 0.1) is 0 Å². The molecule has 1 saturated heterocycles. The summed E-state index contributed by atoms with van der Waals surface area (Å²) in [5.74, 6) is 0. The quantitative estimate of drug-likeness (QED) is 0.825. The molecule has 1 N–H and O–H groups in total. The molecule has 1 aromatic rings. The maximum atomic E-state index is 3.74. The predicted octanol–water partition coefficient (Wildman–Crippen LogP) is 3.71. The van der Waals surface area contributed by atoms with E-state index in [0.717, 1.165) is 19.4 Å². The largest absolute Gasteiger partial charge is 0.312 e. The Morgan fingerprint density at radius 2 is 1.85 bits per heavy atom. The fourth-order valence-electron chi connectivity index (χ4n) is 3.26. The third-order valence-electron chi connectivity index (χ3n) is 4.70. The summed E-state index contributed by atoms with van der Waals surface area (Å²) < 4.78 is 0. The van der Waals surface area contributed by atoms with E-state index in [-0.39, 0.29) is 5.54 Å². The van der Waals surface area contributed by atoms with Crippen LogP contribution in [0.15, 0.2) is 12.1 Å². The standard InChI is InChI=1S/C17H30N2S/c1-5-14-9-10-15(20-14)13-16(18-6-2)17(3,4)19-11-7-8-12-19/h9-10,16,18H,5-8,11-13H2,1-4H3. The lowest BCUT2D eigenvalue weighted by Crippen LogP contribution is -2.57. The minimum Gasteiger partial charge on any atom is -0.312 e. The third kappa shape index (κ3) is 3.63. The van der Waals surface area contributed by atoms with Gasteiger partial charge < -0.3 is 5.32 Å². The number of aryl methyl sites for hydroxylation is 1. The lowest BCUT2D eigenvalue weighted by molar-refractivity contribution is 0.107. The number of hydrogen-bond acceptors (Lipinski definition) is 3. The predicted molar refractivity (Wildman–Crippen MR) is 89.8 cm³/mol. The van der Waals surface area contributed by atoms with E-state index in [1.165, 1.54) is 35.7 Å². The van der Waals surface area contributed by atoms with Gasteiger partial charge in [-0.2, -0.15) is 0 Å². The Morgan fingerprint density at radius 3 is 2.40 bits per heavy atom. The van der Waals surface area contributed by atoms with Crippen LogP contribution in [0.2, 0.25) is 0 Å². The summed E-state index contributed by atoms with van der Waals surface area (Å²) in [6.45, 7) is 12.9. The molecule has 1 unspecified atom stereocenters. The second-order valence-electron chi connectivity index (χ2n) is 6.38. The zero-order chi connectivity index (χ0) is 14.6. The first-order valence-corrected chi connectivity index (χ1v) is 8.95. The summed E-state index contributed by atoms with van der Waals surface area (Å²) in [4.78, 5) is 5.71. The lowest BCUT2D eigenvalue weighted by Gasteiger charge is -2.42. The van der Waals surface area contributed by atoms with Crippen LogP contribution in [-0.4, -0.2) is 36.1 Å². The maximum absolute atomic E-state index is 3.74. The van der Waals surface area contributed by atoms with Crippen LogP contribution in [0.4, 0.5) is 0 Å². The van der Waals surface area contributed by atoms with Crippen LogP contribution in [0.3, 0.4) is 0 Å². The lowest BCUT2D eigenvalue weighted by atomic mass is 9.89. The van der Waals surface area contributed by atoms with Crippen molar-refractivity contribution in [3.05, 3.63) is 21.9 Å². The average molecular weight is 295 g/mol. The minimum absolute atomic E-state index is 0.239. The van der Waals surface area contributed by atoms with Crippen LogP contribution in [0.25, 0.3) is 0 Å². The Hall–Kier alpha value is -0.380. The van der Waals surface area contributed by atoms with E-state index in [0.29, 0.717) is 6.04 Å². The Labute approximate surface area is 128 Å². The molecule has 1 aliphatic rings. The summed E-state index contributed by atoms with van der Waals surface area (Å²) in [7, 11) is 0. The molecule has 0 aliphatic carbocycles. The highest BCUT2D eigenvalue weighted by Gasteiger charge is 2.36. The van der Waals surface area contributed by atoms with Crippen molar-refractivity contribution >= 4 is 11.3 Å². The van der Waals surface area contributed by atoms with Gasteiger partial charge in [0.15, 0.2) is 0 Å². The van der Waals surface area contributed by atoms with Crippen molar-refractivity contribution in [1.82, 2.24) is 10.2 Å². The fraction of sp³-hybridized carbons (Fsp3) is 0.765. The minimum atomic E-state index is 0.239. The van der Waals surface area contributed by atoms with Crippen molar-refractivity contribution in [2.24, 2.45) is 0 Å². The third-order valence-corrected chi connectivity index (χ3v) is 5.95. The first kappa shape index (κ1) is 16.0. The van der Waals surface area contributed by atoms with Gasteiger partial charge in [-0.25, -0.2) is 0 Å². The van der Waals surface area contributed by atoms with Crippen molar-refractivity contribution in [2.75, 3.05) is 19.6 Å². The van der Waals surface area contributed by atoms with Gasteiger partial charge in [0.1, 0.15) is 0 Å². The highest BCUT2D eigenvalue weighted by Crippen LogP contribution is 2.28. The molecule has 0 spiro atoms. The molecule has 1 atom stereocenters. The number of nitrogens with zero attached hydrogens (tertiary/aromatic N) is 1. The first-order chi connectivity index (χ1) is 9.57. The maximum Gasteiger partial charge on any atom is 0.0309 e. The molecular formula is C17H30N2S. The number of hydrogen-bond donors (Lipinski definition) is 1. The number of rotatable bonds is 7. The molecule has 0 aromatic carbocycles. The van der Waals surface area contributed by atoms with Gasteiger partial charge in [-0.1, -0.05) is 13.8 Å². The van der Waals surface area contributed by atoms with Gasteiger partial charge in [-0.3, -0.25) is 4.90 Å². The van der Waals surface area contributed by atoms with Crippen molar-refractivity contribution < 1.29 is 0 Å². The summed E-state index contributed by atoms with van der Waals surface area (Å²) in [6, 6.07) is 5.16. The average Bonchev–Trinajstić information content (AvgIpc) is 3.09. The van der Waals surface area contributed by atoms with Crippen molar-refractivity contribution in [2.45, 2.75) is 65.0 Å². The second kappa shape index (κ2) is 7.06. The number of thiophene rings is 1. The van der Waals surface area contributed by atoms with Gasteiger partial charge in [0, 0.05) is 21.3 Å². The van der Waals surface area contributed by atoms with Crippen LogP contribution >= 0.6 is 11.3 Å². The molecule has 114 valence electrons. The van der Waals surface area contributed by atoms with Crippen molar-refractivity contribution in [3.63, 3.8) is 0 Å².